The highest BCUT2D eigenvalue weighted by atomic mass is 79.9. The van der Waals surface area contributed by atoms with Gasteiger partial charge in [0, 0.05) is 16.7 Å². The molecule has 0 bridgehead atoms. The first kappa shape index (κ1) is 12.4. The fraction of sp³-hybridized carbons (Fsp3) is 0.417. The second-order valence-corrected chi connectivity index (χ2v) is 5.09. The van der Waals surface area contributed by atoms with Crippen LogP contribution in [0.3, 0.4) is 0 Å². The molecule has 1 unspecified atom stereocenters. The van der Waals surface area contributed by atoms with E-state index in [1.54, 1.807) is 12.1 Å². The number of rotatable bonds is 3. The summed E-state index contributed by atoms with van der Waals surface area (Å²) in [5.41, 5.74) is 1.12. The van der Waals surface area contributed by atoms with E-state index in [9.17, 15) is 9.90 Å². The Balaban J connectivity index is 2.34. The fourth-order valence-electron chi connectivity index (χ4n) is 2.23. The van der Waals surface area contributed by atoms with E-state index in [1.807, 2.05) is 6.07 Å². The van der Waals surface area contributed by atoms with Crippen molar-refractivity contribution in [2.45, 2.75) is 18.9 Å². The number of hydrogen-bond acceptors (Lipinski definition) is 3. The third-order valence-electron chi connectivity index (χ3n) is 3.05. The van der Waals surface area contributed by atoms with Gasteiger partial charge in [-0.05, 0) is 31.0 Å². The second-order valence-electron chi connectivity index (χ2n) is 4.18. The van der Waals surface area contributed by atoms with E-state index in [0.717, 1.165) is 29.5 Å². The summed E-state index contributed by atoms with van der Waals surface area (Å²) in [5, 5.41) is 18.3. The molecule has 4 nitrogen and oxygen atoms in total. The Hall–Kier alpha value is -1.07. The summed E-state index contributed by atoms with van der Waals surface area (Å²) in [6, 6.07) is 5.23. The van der Waals surface area contributed by atoms with Gasteiger partial charge in [-0.3, -0.25) is 0 Å². The van der Waals surface area contributed by atoms with Crippen LogP contribution >= 0.6 is 15.9 Å². The van der Waals surface area contributed by atoms with Crippen LogP contribution in [0.5, 0.6) is 0 Å². The standard InChI is InChI=1S/C12H14BrNO3/c13-9-4-8(12(16)17)5-11(6-9)14-3-1-2-10(14)7-15/h4-6,10,15H,1-3,7H2,(H,16,17). The molecule has 0 aliphatic carbocycles. The summed E-state index contributed by atoms with van der Waals surface area (Å²) in [6.07, 6.45) is 1.98. The van der Waals surface area contributed by atoms with Gasteiger partial charge in [0.25, 0.3) is 0 Å². The zero-order chi connectivity index (χ0) is 12.4. The molecule has 0 saturated carbocycles. The van der Waals surface area contributed by atoms with Gasteiger partial charge in [-0.1, -0.05) is 15.9 Å². The lowest BCUT2D eigenvalue weighted by Crippen LogP contribution is -2.32. The molecule has 2 N–H and O–H groups in total. The number of aliphatic hydroxyl groups is 1. The number of hydrogen-bond donors (Lipinski definition) is 2. The molecule has 1 aliphatic heterocycles. The van der Waals surface area contributed by atoms with Crippen LogP contribution < -0.4 is 4.90 Å². The maximum Gasteiger partial charge on any atom is 0.335 e. The zero-order valence-electron chi connectivity index (χ0n) is 9.27. The minimum atomic E-state index is -0.938. The summed E-state index contributed by atoms with van der Waals surface area (Å²) in [7, 11) is 0. The Morgan fingerprint density at radius 1 is 1.47 bits per heavy atom. The molecule has 1 atom stereocenters. The van der Waals surface area contributed by atoms with Crippen molar-refractivity contribution in [2.75, 3.05) is 18.1 Å². The van der Waals surface area contributed by atoms with Crippen molar-refractivity contribution in [3.63, 3.8) is 0 Å². The molecule has 1 saturated heterocycles. The SMILES string of the molecule is O=C(O)c1cc(Br)cc(N2CCCC2CO)c1. The maximum atomic E-state index is 11.0. The number of benzene rings is 1. The van der Waals surface area contributed by atoms with Crippen LogP contribution in [-0.2, 0) is 0 Å². The lowest BCUT2D eigenvalue weighted by molar-refractivity contribution is 0.0697. The number of anilines is 1. The Labute approximate surface area is 108 Å². The van der Waals surface area contributed by atoms with Gasteiger partial charge in [0.05, 0.1) is 18.2 Å². The molecule has 17 heavy (non-hydrogen) atoms. The smallest absolute Gasteiger partial charge is 0.335 e. The van der Waals surface area contributed by atoms with Crippen molar-refractivity contribution >= 4 is 27.6 Å². The van der Waals surface area contributed by atoms with Crippen molar-refractivity contribution in [1.29, 1.82) is 0 Å². The van der Waals surface area contributed by atoms with Crippen LogP contribution in [0.1, 0.15) is 23.2 Å². The van der Waals surface area contributed by atoms with Crippen molar-refractivity contribution < 1.29 is 15.0 Å². The van der Waals surface area contributed by atoms with Gasteiger partial charge in [-0.15, -0.1) is 0 Å². The minimum Gasteiger partial charge on any atom is -0.478 e. The Morgan fingerprint density at radius 2 is 2.24 bits per heavy atom. The van der Waals surface area contributed by atoms with Gasteiger partial charge >= 0.3 is 5.97 Å². The normalized spacial score (nSPS) is 19.6. The largest absolute Gasteiger partial charge is 0.478 e. The minimum absolute atomic E-state index is 0.103. The molecule has 1 fully saturated rings. The number of carbonyl (C=O) groups is 1. The average molecular weight is 300 g/mol. The molecule has 2 rings (SSSR count). The zero-order valence-corrected chi connectivity index (χ0v) is 10.9. The molecule has 1 aromatic rings. The average Bonchev–Trinajstić information content (AvgIpc) is 2.76. The van der Waals surface area contributed by atoms with Crippen LogP contribution in [0.15, 0.2) is 22.7 Å². The van der Waals surface area contributed by atoms with E-state index in [1.165, 1.54) is 0 Å². The highest BCUT2D eigenvalue weighted by molar-refractivity contribution is 9.10. The summed E-state index contributed by atoms with van der Waals surface area (Å²) in [6.45, 7) is 0.968. The monoisotopic (exact) mass is 299 g/mol. The van der Waals surface area contributed by atoms with E-state index in [-0.39, 0.29) is 18.2 Å². The van der Waals surface area contributed by atoms with E-state index in [2.05, 4.69) is 20.8 Å². The molecule has 5 heteroatoms. The molecule has 92 valence electrons. The molecular formula is C12H14BrNO3. The predicted molar refractivity (Wildman–Crippen MR) is 68.6 cm³/mol. The first-order valence-electron chi connectivity index (χ1n) is 5.53. The van der Waals surface area contributed by atoms with Gasteiger partial charge < -0.3 is 15.1 Å². The van der Waals surface area contributed by atoms with Gasteiger partial charge in [0.15, 0.2) is 0 Å². The first-order valence-corrected chi connectivity index (χ1v) is 6.32. The number of halogens is 1. The Morgan fingerprint density at radius 3 is 2.88 bits per heavy atom. The van der Waals surface area contributed by atoms with E-state index >= 15 is 0 Å². The molecule has 0 spiro atoms. The van der Waals surface area contributed by atoms with Crippen molar-refractivity contribution in [2.24, 2.45) is 0 Å². The second kappa shape index (κ2) is 5.06. The molecular weight excluding hydrogens is 286 g/mol. The Bertz CT molecular complexity index is 436. The summed E-state index contributed by atoms with van der Waals surface area (Å²) in [5.74, 6) is -0.938. The third-order valence-corrected chi connectivity index (χ3v) is 3.51. The van der Waals surface area contributed by atoms with Crippen molar-refractivity contribution in [3.05, 3.63) is 28.2 Å². The lowest BCUT2D eigenvalue weighted by Gasteiger charge is -2.25. The summed E-state index contributed by atoms with van der Waals surface area (Å²) in [4.78, 5) is 13.0. The molecule has 0 amide bonds. The topological polar surface area (TPSA) is 60.8 Å². The molecule has 1 aromatic carbocycles. The van der Waals surface area contributed by atoms with Gasteiger partial charge in [0.2, 0.25) is 0 Å². The highest BCUT2D eigenvalue weighted by Crippen LogP contribution is 2.29. The van der Waals surface area contributed by atoms with Gasteiger partial charge in [-0.2, -0.15) is 0 Å². The van der Waals surface area contributed by atoms with E-state index in [0.29, 0.717) is 0 Å². The molecule has 1 heterocycles. The fourth-order valence-corrected chi connectivity index (χ4v) is 2.71. The lowest BCUT2D eigenvalue weighted by atomic mass is 10.1. The van der Waals surface area contributed by atoms with Crippen LogP contribution in [-0.4, -0.2) is 35.4 Å². The van der Waals surface area contributed by atoms with Gasteiger partial charge in [-0.25, -0.2) is 4.79 Å². The van der Waals surface area contributed by atoms with Gasteiger partial charge in [0.1, 0.15) is 0 Å². The first-order chi connectivity index (χ1) is 8.11. The Kier molecular flexibility index (Phi) is 3.69. The van der Waals surface area contributed by atoms with E-state index < -0.39 is 5.97 Å². The quantitative estimate of drug-likeness (QED) is 0.897. The van der Waals surface area contributed by atoms with Crippen molar-refractivity contribution in [3.8, 4) is 0 Å². The van der Waals surface area contributed by atoms with Crippen LogP contribution in [0.4, 0.5) is 5.69 Å². The van der Waals surface area contributed by atoms with E-state index in [4.69, 9.17) is 5.11 Å². The third kappa shape index (κ3) is 2.61. The summed E-state index contributed by atoms with van der Waals surface area (Å²) >= 11 is 3.32. The van der Waals surface area contributed by atoms with Crippen molar-refractivity contribution in [1.82, 2.24) is 0 Å². The maximum absolute atomic E-state index is 11.0. The van der Waals surface area contributed by atoms with Crippen LogP contribution in [0.25, 0.3) is 0 Å². The highest BCUT2D eigenvalue weighted by Gasteiger charge is 2.24. The number of aliphatic hydroxyl groups excluding tert-OH is 1. The van der Waals surface area contributed by atoms with Crippen LogP contribution in [0, 0.1) is 0 Å². The number of carboxylic acid groups (broad SMARTS) is 1. The predicted octanol–water partition coefficient (Wildman–Crippen LogP) is 2.11. The number of nitrogens with zero attached hydrogens (tertiary/aromatic N) is 1. The summed E-state index contributed by atoms with van der Waals surface area (Å²) < 4.78 is 0.746. The van der Waals surface area contributed by atoms with Crippen LogP contribution in [0.2, 0.25) is 0 Å². The number of carboxylic acids is 1. The molecule has 0 radical (unpaired) electrons. The molecule has 0 aromatic heterocycles. The number of aromatic carboxylic acids is 1. The molecule has 1 aliphatic rings.